The zero-order chi connectivity index (χ0) is 14.7. The lowest BCUT2D eigenvalue weighted by molar-refractivity contribution is -0.384. The molecule has 0 bridgehead atoms. The van der Waals surface area contributed by atoms with Crippen LogP contribution in [0, 0.1) is 10.1 Å². The van der Waals surface area contributed by atoms with Crippen LogP contribution in [0.2, 0.25) is 0 Å². The van der Waals surface area contributed by atoms with Gasteiger partial charge in [-0.1, -0.05) is 17.3 Å². The Morgan fingerprint density at radius 1 is 1.48 bits per heavy atom. The molecule has 1 atom stereocenters. The summed E-state index contributed by atoms with van der Waals surface area (Å²) in [5.41, 5.74) is 0.964. The second-order valence-corrected chi connectivity index (χ2v) is 4.77. The second kappa shape index (κ2) is 5.98. The molecule has 0 N–H and O–H groups in total. The summed E-state index contributed by atoms with van der Waals surface area (Å²) in [6.07, 6.45) is 1.36. The van der Waals surface area contributed by atoms with Crippen molar-refractivity contribution in [3.63, 3.8) is 0 Å². The third kappa shape index (κ3) is 3.06. The number of nitro benzene ring substituents is 1. The molecule has 3 rings (SSSR count). The van der Waals surface area contributed by atoms with Crippen molar-refractivity contribution in [2.75, 3.05) is 19.8 Å². The summed E-state index contributed by atoms with van der Waals surface area (Å²) in [7, 11) is 0. The standard InChI is InChI=1S/C13H14N4O4/c18-17(19)11-3-1-2-10(6-11)7-16-4-5-20-8-12(16)13-14-9-15-21-13/h1-3,6,9,12H,4-5,7-8H2/t12-/m0/s1. The fourth-order valence-corrected chi connectivity index (χ4v) is 2.39. The predicted octanol–water partition coefficient (Wildman–Crippen LogP) is 1.55. The Morgan fingerprint density at radius 3 is 3.14 bits per heavy atom. The lowest BCUT2D eigenvalue weighted by Crippen LogP contribution is -2.39. The molecule has 1 saturated heterocycles. The van der Waals surface area contributed by atoms with Crippen LogP contribution in [0.15, 0.2) is 35.1 Å². The van der Waals surface area contributed by atoms with Gasteiger partial charge in [-0.05, 0) is 5.56 Å². The largest absolute Gasteiger partial charge is 0.378 e. The maximum atomic E-state index is 10.8. The van der Waals surface area contributed by atoms with Gasteiger partial charge < -0.3 is 9.26 Å². The molecule has 1 fully saturated rings. The SMILES string of the molecule is O=[N+]([O-])c1cccc(CN2CCOC[C@H]2c2ncno2)c1. The van der Waals surface area contributed by atoms with Crippen LogP contribution in [0.4, 0.5) is 5.69 Å². The molecule has 2 aromatic rings. The molecule has 110 valence electrons. The van der Waals surface area contributed by atoms with Crippen molar-refractivity contribution < 1.29 is 14.2 Å². The first-order chi connectivity index (χ1) is 10.2. The molecule has 1 aromatic carbocycles. The van der Waals surface area contributed by atoms with E-state index < -0.39 is 4.92 Å². The molecule has 8 nitrogen and oxygen atoms in total. The minimum atomic E-state index is -0.391. The van der Waals surface area contributed by atoms with Gasteiger partial charge in [0.25, 0.3) is 5.69 Å². The molecule has 21 heavy (non-hydrogen) atoms. The number of hydrogen-bond donors (Lipinski definition) is 0. The Hall–Kier alpha value is -2.32. The second-order valence-electron chi connectivity index (χ2n) is 4.77. The Kier molecular flexibility index (Phi) is 3.89. The van der Waals surface area contributed by atoms with Crippen molar-refractivity contribution in [2.24, 2.45) is 0 Å². The highest BCUT2D eigenvalue weighted by Gasteiger charge is 2.28. The smallest absolute Gasteiger partial charge is 0.269 e. The van der Waals surface area contributed by atoms with Gasteiger partial charge in [-0.3, -0.25) is 15.0 Å². The lowest BCUT2D eigenvalue weighted by atomic mass is 10.1. The van der Waals surface area contributed by atoms with E-state index in [1.807, 2.05) is 6.07 Å². The summed E-state index contributed by atoms with van der Waals surface area (Å²) in [5.74, 6) is 0.500. The Bertz CT molecular complexity index is 616. The average Bonchev–Trinajstić information content (AvgIpc) is 3.02. The van der Waals surface area contributed by atoms with Crippen LogP contribution in [0.25, 0.3) is 0 Å². The van der Waals surface area contributed by atoms with Crippen molar-refractivity contribution in [3.8, 4) is 0 Å². The normalized spacial score (nSPS) is 19.5. The zero-order valence-electron chi connectivity index (χ0n) is 11.2. The summed E-state index contributed by atoms with van der Waals surface area (Å²) < 4.78 is 10.6. The molecule has 0 saturated carbocycles. The van der Waals surface area contributed by atoms with Gasteiger partial charge in [0.05, 0.1) is 18.1 Å². The number of ether oxygens (including phenoxy) is 1. The van der Waals surface area contributed by atoms with Gasteiger partial charge in [0.15, 0.2) is 6.33 Å². The fraction of sp³-hybridized carbons (Fsp3) is 0.385. The van der Waals surface area contributed by atoms with Crippen LogP contribution in [0.5, 0.6) is 0 Å². The van der Waals surface area contributed by atoms with Gasteiger partial charge in [0.1, 0.15) is 6.04 Å². The topological polar surface area (TPSA) is 94.5 Å². The maximum Gasteiger partial charge on any atom is 0.269 e. The van der Waals surface area contributed by atoms with E-state index in [1.165, 1.54) is 12.4 Å². The van der Waals surface area contributed by atoms with Gasteiger partial charge in [-0.2, -0.15) is 4.98 Å². The zero-order valence-corrected chi connectivity index (χ0v) is 11.2. The minimum Gasteiger partial charge on any atom is -0.378 e. The minimum absolute atomic E-state index is 0.0927. The average molecular weight is 290 g/mol. The maximum absolute atomic E-state index is 10.8. The first-order valence-corrected chi connectivity index (χ1v) is 6.56. The van der Waals surface area contributed by atoms with E-state index in [0.717, 1.165) is 5.56 Å². The molecule has 0 unspecified atom stereocenters. The summed E-state index contributed by atoms with van der Waals surface area (Å²) >= 11 is 0. The van der Waals surface area contributed by atoms with Gasteiger partial charge >= 0.3 is 0 Å². The summed E-state index contributed by atoms with van der Waals surface area (Å²) in [6, 6.07) is 6.50. The molecule has 2 heterocycles. The van der Waals surface area contributed by atoms with Crippen LogP contribution in [-0.4, -0.2) is 39.7 Å². The first kappa shape index (κ1) is 13.7. The Labute approximate surface area is 120 Å². The Morgan fingerprint density at radius 2 is 2.38 bits per heavy atom. The number of morpholine rings is 1. The van der Waals surface area contributed by atoms with E-state index in [2.05, 4.69) is 15.0 Å². The van der Waals surface area contributed by atoms with E-state index in [9.17, 15) is 10.1 Å². The van der Waals surface area contributed by atoms with Crippen molar-refractivity contribution in [3.05, 3.63) is 52.2 Å². The molecular weight excluding hydrogens is 276 g/mol. The van der Waals surface area contributed by atoms with Crippen molar-refractivity contribution in [1.29, 1.82) is 0 Å². The van der Waals surface area contributed by atoms with Gasteiger partial charge in [-0.25, -0.2) is 0 Å². The fourth-order valence-electron chi connectivity index (χ4n) is 2.39. The van der Waals surface area contributed by atoms with E-state index in [0.29, 0.717) is 32.2 Å². The molecule has 1 aliphatic heterocycles. The molecule has 1 aliphatic rings. The highest BCUT2D eigenvalue weighted by molar-refractivity contribution is 5.34. The van der Waals surface area contributed by atoms with Gasteiger partial charge in [-0.15, -0.1) is 0 Å². The number of non-ortho nitro benzene ring substituents is 1. The van der Waals surface area contributed by atoms with Crippen LogP contribution in [0.3, 0.4) is 0 Å². The van der Waals surface area contributed by atoms with Crippen molar-refractivity contribution >= 4 is 5.69 Å². The summed E-state index contributed by atoms with van der Waals surface area (Å²) in [5, 5.41) is 14.5. The molecular formula is C13H14N4O4. The number of rotatable bonds is 4. The number of hydrogen-bond acceptors (Lipinski definition) is 7. The predicted molar refractivity (Wildman–Crippen MR) is 71.4 cm³/mol. The van der Waals surface area contributed by atoms with Crippen LogP contribution in [0.1, 0.15) is 17.5 Å². The number of nitro groups is 1. The highest BCUT2D eigenvalue weighted by atomic mass is 16.6. The quantitative estimate of drug-likeness (QED) is 0.622. The number of benzene rings is 1. The van der Waals surface area contributed by atoms with Crippen LogP contribution in [-0.2, 0) is 11.3 Å². The third-order valence-electron chi connectivity index (χ3n) is 3.41. The third-order valence-corrected chi connectivity index (χ3v) is 3.41. The van der Waals surface area contributed by atoms with Crippen LogP contribution >= 0.6 is 0 Å². The molecule has 0 spiro atoms. The molecule has 0 aliphatic carbocycles. The summed E-state index contributed by atoms with van der Waals surface area (Å²) in [6.45, 7) is 2.35. The monoisotopic (exact) mass is 290 g/mol. The van der Waals surface area contributed by atoms with E-state index in [4.69, 9.17) is 9.26 Å². The molecule has 8 heteroatoms. The lowest BCUT2D eigenvalue weighted by Gasteiger charge is -2.33. The molecule has 0 radical (unpaired) electrons. The molecule has 0 amide bonds. The number of aromatic nitrogens is 2. The molecule has 1 aromatic heterocycles. The van der Waals surface area contributed by atoms with E-state index in [1.54, 1.807) is 12.1 Å². The van der Waals surface area contributed by atoms with Gasteiger partial charge in [0.2, 0.25) is 5.89 Å². The van der Waals surface area contributed by atoms with Crippen LogP contribution < -0.4 is 0 Å². The van der Waals surface area contributed by atoms with Crippen molar-refractivity contribution in [2.45, 2.75) is 12.6 Å². The number of nitrogens with zero attached hydrogens (tertiary/aromatic N) is 4. The summed E-state index contributed by atoms with van der Waals surface area (Å²) in [4.78, 5) is 16.6. The first-order valence-electron chi connectivity index (χ1n) is 6.56. The highest BCUT2D eigenvalue weighted by Crippen LogP contribution is 2.25. The Balaban J connectivity index is 1.78. The van der Waals surface area contributed by atoms with Gasteiger partial charge in [0, 0.05) is 25.2 Å². The van der Waals surface area contributed by atoms with E-state index >= 15 is 0 Å². The van der Waals surface area contributed by atoms with Crippen molar-refractivity contribution in [1.82, 2.24) is 15.0 Å². The van der Waals surface area contributed by atoms with E-state index in [-0.39, 0.29) is 11.7 Å².